The molecule has 9 fully saturated rings. The summed E-state index contributed by atoms with van der Waals surface area (Å²) in [5, 5.41) is 109. The predicted molar refractivity (Wildman–Crippen MR) is 244 cm³/mol. The zero-order valence-corrected chi connectivity index (χ0v) is 42.1. The second-order valence-corrected chi connectivity index (χ2v) is 23.8. The molecule has 0 bridgehead atoms. The Balaban J connectivity index is 0.836. The van der Waals surface area contributed by atoms with Crippen molar-refractivity contribution in [3.8, 4) is 0 Å². The molecule has 6 aliphatic heterocycles. The fourth-order valence-electron chi connectivity index (χ4n) is 15.4. The first kappa shape index (κ1) is 53.3. The van der Waals surface area contributed by atoms with E-state index in [1.54, 1.807) is 0 Å². The first-order valence-corrected chi connectivity index (χ1v) is 26.6. The van der Waals surface area contributed by atoms with Crippen LogP contribution >= 0.6 is 0 Å². The van der Waals surface area contributed by atoms with Gasteiger partial charge >= 0.3 is 0 Å². The van der Waals surface area contributed by atoms with E-state index in [1.165, 1.54) is 26.3 Å². The SMILES string of the molecule is C[C@@H]1CC[C@@]2(OC1)O[C@H]1C[C@H]3[C@@H]4CC=C5C[C@H](O[C@@H]6O[C@H](CO)[C@@H](O[C@@H]7O[C@@H](C)[C@H](O[C@@H]8O[C@@H](C)[C@H](O)[C@@H](O)[C@H]8O)[C@@H](O)[C@H]7O)[C@H](O)[C@H]6O[C@@H]6O[C@@H](C)[C@H](O)[C@@H](O)[C@H]6O)CC[C@]5(C)[C@H]4CC[C@]3(C)[C@H]1[C@@H]2C. The Bertz CT molecular complexity index is 1890. The van der Waals surface area contributed by atoms with Crippen molar-refractivity contribution < 1.29 is 98.4 Å². The van der Waals surface area contributed by atoms with Crippen LogP contribution in [0.2, 0.25) is 0 Å². The Morgan fingerprint density at radius 1 is 0.592 bits per heavy atom. The van der Waals surface area contributed by atoms with Crippen LogP contribution in [0.4, 0.5) is 0 Å². The minimum absolute atomic E-state index is 0.0569. The van der Waals surface area contributed by atoms with Gasteiger partial charge in [0.2, 0.25) is 0 Å². The Kier molecular flexibility index (Phi) is 15.1. The van der Waals surface area contributed by atoms with Crippen molar-refractivity contribution in [2.24, 2.45) is 46.3 Å². The van der Waals surface area contributed by atoms with E-state index in [1.807, 2.05) is 0 Å². The standard InChI is InChI=1S/C51H82O20/c1-20-10-15-51(62-19-20)21(2)32-30(71-51)17-29-27-9-8-25-16-26(11-13-49(25,6)28(27)12-14-50(29,32)7)66-48-44(70-46-39(59)36(56)34(54)23(4)64-46)41(61)43(31(18-52)67-48)69-47-40(60)37(57)42(24(5)65-47)68-45-38(58)35(55)33(53)22(3)63-45/h8,20-24,26-48,52-61H,9-19H2,1-7H3/t20-,21+,22+,23+,24+,26-,27-,28+,29+,30+,31-,32+,33+,34+,35-,36-,37+,38-,39-,40-,41+,42+,43-,44-,45+,46+,47+,48-,49+,50+,51-/m1/s1. The highest BCUT2D eigenvalue weighted by molar-refractivity contribution is 5.26. The molecule has 10 rings (SSSR count). The molecule has 20 nitrogen and oxygen atoms in total. The molecular formula is C51H82O20. The van der Waals surface area contributed by atoms with Gasteiger partial charge in [-0.1, -0.05) is 39.3 Å². The van der Waals surface area contributed by atoms with Crippen molar-refractivity contribution in [3.05, 3.63) is 11.6 Å². The van der Waals surface area contributed by atoms with Crippen LogP contribution in [-0.2, 0) is 47.4 Å². The van der Waals surface area contributed by atoms with E-state index in [4.69, 9.17) is 47.4 Å². The molecule has 3 saturated carbocycles. The van der Waals surface area contributed by atoms with E-state index in [0.29, 0.717) is 48.3 Å². The van der Waals surface area contributed by atoms with Gasteiger partial charge in [0.25, 0.3) is 0 Å². The average Bonchev–Trinajstić information content (AvgIpc) is 3.79. The molecule has 406 valence electrons. The largest absolute Gasteiger partial charge is 0.394 e. The van der Waals surface area contributed by atoms with E-state index in [0.717, 1.165) is 51.6 Å². The molecule has 6 saturated heterocycles. The second kappa shape index (κ2) is 20.1. The van der Waals surface area contributed by atoms with Crippen molar-refractivity contribution in [1.29, 1.82) is 0 Å². The normalized spacial score (nSPS) is 58.4. The zero-order valence-electron chi connectivity index (χ0n) is 42.1. The van der Waals surface area contributed by atoms with Crippen LogP contribution in [0, 0.1) is 46.3 Å². The number of hydrogen-bond donors (Lipinski definition) is 10. The Morgan fingerprint density at radius 3 is 1.82 bits per heavy atom. The van der Waals surface area contributed by atoms with Crippen LogP contribution in [0.3, 0.4) is 0 Å². The zero-order chi connectivity index (χ0) is 50.8. The van der Waals surface area contributed by atoms with Gasteiger partial charge < -0.3 is 98.4 Å². The highest BCUT2D eigenvalue weighted by atomic mass is 16.8. The molecule has 0 radical (unpaired) electrons. The lowest BCUT2D eigenvalue weighted by Crippen LogP contribution is -2.67. The molecule has 10 aliphatic rings. The van der Waals surface area contributed by atoms with E-state index in [2.05, 4.69) is 33.8 Å². The van der Waals surface area contributed by atoms with Crippen LogP contribution in [0.5, 0.6) is 0 Å². The van der Waals surface area contributed by atoms with E-state index >= 15 is 0 Å². The quantitative estimate of drug-likeness (QED) is 0.137. The van der Waals surface area contributed by atoms with Crippen molar-refractivity contribution in [3.63, 3.8) is 0 Å². The Hall–Kier alpha value is -1.06. The number of allylic oxidation sites excluding steroid dienone is 1. The van der Waals surface area contributed by atoms with Crippen LogP contribution in [0.25, 0.3) is 0 Å². The molecule has 0 unspecified atom stereocenters. The van der Waals surface area contributed by atoms with Crippen LogP contribution in [0.1, 0.15) is 106 Å². The second-order valence-electron chi connectivity index (χ2n) is 23.8. The average molecular weight is 1020 g/mol. The smallest absolute Gasteiger partial charge is 0.187 e. The lowest BCUT2D eigenvalue weighted by Gasteiger charge is -2.59. The predicted octanol–water partition coefficient (Wildman–Crippen LogP) is 0.0935. The molecule has 10 N–H and O–H groups in total. The third-order valence-electron chi connectivity index (χ3n) is 19.7. The third-order valence-corrected chi connectivity index (χ3v) is 19.7. The lowest BCUT2D eigenvalue weighted by molar-refractivity contribution is -0.394. The fourth-order valence-corrected chi connectivity index (χ4v) is 15.4. The third kappa shape index (κ3) is 9.03. The maximum atomic E-state index is 12.2. The van der Waals surface area contributed by atoms with Crippen molar-refractivity contribution >= 4 is 0 Å². The van der Waals surface area contributed by atoms with Crippen molar-refractivity contribution in [1.82, 2.24) is 0 Å². The summed E-state index contributed by atoms with van der Waals surface area (Å²) >= 11 is 0. The van der Waals surface area contributed by atoms with Gasteiger partial charge in [-0.15, -0.1) is 0 Å². The molecule has 0 aromatic heterocycles. The number of hydrogen-bond acceptors (Lipinski definition) is 20. The molecule has 6 heterocycles. The number of aliphatic hydroxyl groups is 10. The van der Waals surface area contributed by atoms with Crippen molar-refractivity contribution in [2.45, 2.75) is 247 Å². The molecule has 4 aliphatic carbocycles. The minimum Gasteiger partial charge on any atom is -0.394 e. The molecule has 0 aromatic carbocycles. The summed E-state index contributed by atoms with van der Waals surface area (Å²) < 4.78 is 62.2. The molecule has 31 atom stereocenters. The molecule has 1 spiro atoms. The highest BCUT2D eigenvalue weighted by Crippen LogP contribution is 2.71. The summed E-state index contributed by atoms with van der Waals surface area (Å²) in [6.45, 7) is 14.1. The lowest BCUT2D eigenvalue weighted by atomic mass is 9.47. The monoisotopic (exact) mass is 1010 g/mol. The summed E-state index contributed by atoms with van der Waals surface area (Å²) in [6, 6.07) is 0. The van der Waals surface area contributed by atoms with Crippen molar-refractivity contribution in [2.75, 3.05) is 13.2 Å². The summed E-state index contributed by atoms with van der Waals surface area (Å²) in [4.78, 5) is 0. The van der Waals surface area contributed by atoms with Gasteiger partial charge in [0.1, 0.15) is 79.4 Å². The first-order valence-electron chi connectivity index (χ1n) is 26.6. The van der Waals surface area contributed by atoms with E-state index in [-0.39, 0.29) is 16.9 Å². The number of fused-ring (bicyclic) bond motifs is 7. The van der Waals surface area contributed by atoms with Gasteiger partial charge in [0.05, 0.1) is 43.7 Å². The van der Waals surface area contributed by atoms with Gasteiger partial charge in [-0.2, -0.15) is 0 Å². The number of rotatable bonds is 9. The van der Waals surface area contributed by atoms with Crippen LogP contribution < -0.4 is 0 Å². The fraction of sp³-hybridized carbons (Fsp3) is 0.961. The Labute approximate surface area is 415 Å². The number of aliphatic hydroxyl groups excluding tert-OH is 10. The maximum Gasteiger partial charge on any atom is 0.187 e. The minimum atomic E-state index is -1.85. The number of ether oxygens (including phenoxy) is 10. The maximum absolute atomic E-state index is 12.2. The summed E-state index contributed by atoms with van der Waals surface area (Å²) in [5.74, 6) is 2.46. The summed E-state index contributed by atoms with van der Waals surface area (Å²) in [6.07, 6.45) is -19.0. The summed E-state index contributed by atoms with van der Waals surface area (Å²) in [5.41, 5.74) is 1.44. The van der Waals surface area contributed by atoms with Gasteiger partial charge in [-0.3, -0.25) is 0 Å². The molecule has 71 heavy (non-hydrogen) atoms. The van der Waals surface area contributed by atoms with Gasteiger partial charge in [-0.05, 0) is 113 Å². The molecular weight excluding hydrogens is 933 g/mol. The molecule has 20 heteroatoms. The van der Waals surface area contributed by atoms with Crippen LogP contribution in [0.15, 0.2) is 11.6 Å². The molecule has 0 amide bonds. The highest BCUT2D eigenvalue weighted by Gasteiger charge is 2.69. The van der Waals surface area contributed by atoms with Gasteiger partial charge in [-0.25, -0.2) is 0 Å². The van der Waals surface area contributed by atoms with Gasteiger partial charge in [0, 0.05) is 12.3 Å². The Morgan fingerprint density at radius 2 is 1.20 bits per heavy atom. The molecule has 0 aromatic rings. The van der Waals surface area contributed by atoms with E-state index < -0.39 is 141 Å². The van der Waals surface area contributed by atoms with Crippen LogP contribution in [-0.4, -0.2) is 205 Å². The summed E-state index contributed by atoms with van der Waals surface area (Å²) in [7, 11) is 0. The van der Waals surface area contributed by atoms with Gasteiger partial charge in [0.15, 0.2) is 30.9 Å². The van der Waals surface area contributed by atoms with E-state index in [9.17, 15) is 51.1 Å². The topological polar surface area (TPSA) is 295 Å². The first-order chi connectivity index (χ1) is 33.6.